The Hall–Kier alpha value is -0.170. The van der Waals surface area contributed by atoms with Gasteiger partial charge in [-0.3, -0.25) is 4.55 Å². The van der Waals surface area contributed by atoms with Crippen molar-refractivity contribution in [2.24, 2.45) is 0 Å². The zero-order valence-electron chi connectivity index (χ0n) is 7.80. The van der Waals surface area contributed by atoms with Crippen LogP contribution in [-0.4, -0.2) is 43.1 Å². The van der Waals surface area contributed by atoms with Crippen molar-refractivity contribution >= 4 is 10.1 Å². The SMILES string of the molecule is CC1CC(O)CCO1.CS(=O)(=O)O. The van der Waals surface area contributed by atoms with Crippen molar-refractivity contribution in [1.82, 2.24) is 0 Å². The van der Waals surface area contributed by atoms with E-state index in [9.17, 15) is 8.42 Å². The maximum atomic E-state index is 9.19. The van der Waals surface area contributed by atoms with Crippen LogP contribution in [0.2, 0.25) is 0 Å². The fraction of sp³-hybridized carbons (Fsp3) is 1.00. The minimum Gasteiger partial charge on any atom is -0.393 e. The third-order valence-electron chi connectivity index (χ3n) is 1.46. The molecule has 2 unspecified atom stereocenters. The van der Waals surface area contributed by atoms with Crippen molar-refractivity contribution in [3.63, 3.8) is 0 Å². The van der Waals surface area contributed by atoms with Crippen LogP contribution in [0.4, 0.5) is 0 Å². The maximum Gasteiger partial charge on any atom is 0.261 e. The van der Waals surface area contributed by atoms with E-state index in [4.69, 9.17) is 14.4 Å². The van der Waals surface area contributed by atoms with Gasteiger partial charge in [0.25, 0.3) is 10.1 Å². The van der Waals surface area contributed by atoms with E-state index in [1.165, 1.54) is 0 Å². The summed E-state index contributed by atoms with van der Waals surface area (Å²) in [6, 6.07) is 0. The molecule has 80 valence electrons. The normalized spacial score (nSPS) is 28.9. The van der Waals surface area contributed by atoms with Gasteiger partial charge in [0.2, 0.25) is 0 Å². The lowest BCUT2D eigenvalue weighted by Gasteiger charge is -2.22. The van der Waals surface area contributed by atoms with Crippen molar-refractivity contribution in [3.05, 3.63) is 0 Å². The van der Waals surface area contributed by atoms with E-state index in [1.807, 2.05) is 6.92 Å². The van der Waals surface area contributed by atoms with Gasteiger partial charge in [-0.05, 0) is 19.8 Å². The molecule has 2 atom stereocenters. The minimum absolute atomic E-state index is 0.112. The molecule has 1 fully saturated rings. The van der Waals surface area contributed by atoms with E-state index in [2.05, 4.69) is 0 Å². The molecule has 0 aliphatic carbocycles. The van der Waals surface area contributed by atoms with Crippen molar-refractivity contribution in [1.29, 1.82) is 0 Å². The lowest BCUT2D eigenvalue weighted by molar-refractivity contribution is -0.0340. The molecule has 0 saturated carbocycles. The second-order valence-corrected chi connectivity index (χ2v) is 4.56. The first kappa shape index (κ1) is 12.8. The highest BCUT2D eigenvalue weighted by Gasteiger charge is 2.15. The van der Waals surface area contributed by atoms with Gasteiger partial charge >= 0.3 is 0 Å². The Morgan fingerprint density at radius 2 is 1.92 bits per heavy atom. The minimum atomic E-state index is -3.67. The molecular weight excluding hydrogens is 196 g/mol. The number of hydrogen-bond acceptors (Lipinski definition) is 4. The summed E-state index contributed by atoms with van der Waals surface area (Å²) in [5.74, 6) is 0. The summed E-state index contributed by atoms with van der Waals surface area (Å²) >= 11 is 0. The van der Waals surface area contributed by atoms with Crippen LogP contribution in [0.3, 0.4) is 0 Å². The van der Waals surface area contributed by atoms with E-state index in [0.29, 0.717) is 6.26 Å². The van der Waals surface area contributed by atoms with E-state index in [1.54, 1.807) is 0 Å². The first-order valence-electron chi connectivity index (χ1n) is 4.01. The van der Waals surface area contributed by atoms with Gasteiger partial charge in [-0.15, -0.1) is 0 Å². The first-order valence-corrected chi connectivity index (χ1v) is 5.86. The van der Waals surface area contributed by atoms with Gasteiger partial charge in [0.1, 0.15) is 0 Å². The van der Waals surface area contributed by atoms with Gasteiger partial charge in [-0.2, -0.15) is 8.42 Å². The van der Waals surface area contributed by atoms with Crippen LogP contribution in [0.5, 0.6) is 0 Å². The molecule has 1 rings (SSSR count). The number of rotatable bonds is 0. The number of hydrogen-bond donors (Lipinski definition) is 2. The summed E-state index contributed by atoms with van der Waals surface area (Å²) in [5, 5.41) is 9.00. The fourth-order valence-corrected chi connectivity index (χ4v) is 0.974. The second-order valence-electron chi connectivity index (χ2n) is 3.09. The molecule has 0 aromatic carbocycles. The van der Waals surface area contributed by atoms with Crippen LogP contribution in [0.15, 0.2) is 0 Å². The smallest absolute Gasteiger partial charge is 0.261 e. The van der Waals surface area contributed by atoms with Crippen molar-refractivity contribution in [2.75, 3.05) is 12.9 Å². The van der Waals surface area contributed by atoms with Crippen LogP contribution < -0.4 is 0 Å². The molecule has 2 N–H and O–H groups in total. The van der Waals surface area contributed by atoms with Crippen molar-refractivity contribution in [2.45, 2.75) is 32.0 Å². The van der Waals surface area contributed by atoms with E-state index < -0.39 is 10.1 Å². The Bertz CT molecular complexity index is 207. The Morgan fingerprint density at radius 1 is 1.46 bits per heavy atom. The summed E-state index contributed by atoms with van der Waals surface area (Å²) in [4.78, 5) is 0. The van der Waals surface area contributed by atoms with E-state index in [-0.39, 0.29) is 12.2 Å². The van der Waals surface area contributed by atoms with Gasteiger partial charge < -0.3 is 9.84 Å². The predicted molar refractivity (Wildman–Crippen MR) is 48.1 cm³/mol. The summed E-state index contributed by atoms with van der Waals surface area (Å²) in [7, 11) is -3.67. The third-order valence-corrected chi connectivity index (χ3v) is 1.46. The largest absolute Gasteiger partial charge is 0.393 e. The average molecular weight is 212 g/mol. The van der Waals surface area contributed by atoms with Crippen LogP contribution in [0.25, 0.3) is 0 Å². The summed E-state index contributed by atoms with van der Waals surface area (Å²) in [5.41, 5.74) is 0. The molecule has 5 nitrogen and oxygen atoms in total. The quantitative estimate of drug-likeness (QED) is 0.554. The number of ether oxygens (including phenoxy) is 1. The molecule has 13 heavy (non-hydrogen) atoms. The molecule has 1 saturated heterocycles. The molecule has 1 aliphatic rings. The van der Waals surface area contributed by atoms with Gasteiger partial charge in [-0.1, -0.05) is 0 Å². The second kappa shape index (κ2) is 5.54. The molecular formula is C7H16O5S. The van der Waals surface area contributed by atoms with Crippen LogP contribution >= 0.6 is 0 Å². The Balaban J connectivity index is 0.000000252. The number of aliphatic hydroxyl groups is 1. The van der Waals surface area contributed by atoms with Crippen molar-refractivity contribution in [3.8, 4) is 0 Å². The summed E-state index contributed by atoms with van der Waals surface area (Å²) < 4.78 is 31.1. The highest BCUT2D eigenvalue weighted by atomic mass is 32.2. The van der Waals surface area contributed by atoms with E-state index in [0.717, 1.165) is 19.4 Å². The Labute approximate surface area is 78.5 Å². The molecule has 6 heteroatoms. The summed E-state index contributed by atoms with van der Waals surface area (Å²) in [6.45, 7) is 2.71. The maximum absolute atomic E-state index is 9.19. The molecule has 0 amide bonds. The molecule has 0 spiro atoms. The Kier molecular flexibility index (Phi) is 5.46. The highest BCUT2D eigenvalue weighted by molar-refractivity contribution is 7.85. The molecule has 0 bridgehead atoms. The summed E-state index contributed by atoms with van der Waals surface area (Å²) in [6.07, 6.45) is 2.48. The Morgan fingerprint density at radius 3 is 2.15 bits per heavy atom. The molecule has 1 heterocycles. The average Bonchev–Trinajstić information content (AvgIpc) is 1.81. The highest BCUT2D eigenvalue weighted by Crippen LogP contribution is 2.11. The molecule has 0 radical (unpaired) electrons. The van der Waals surface area contributed by atoms with Crippen LogP contribution in [0, 0.1) is 0 Å². The lowest BCUT2D eigenvalue weighted by atomic mass is 10.1. The van der Waals surface area contributed by atoms with Crippen molar-refractivity contribution < 1.29 is 22.8 Å². The molecule has 0 aromatic rings. The molecule has 1 aliphatic heterocycles. The van der Waals surface area contributed by atoms with Gasteiger partial charge in [0.15, 0.2) is 0 Å². The zero-order valence-corrected chi connectivity index (χ0v) is 8.62. The molecule has 0 aromatic heterocycles. The van der Waals surface area contributed by atoms with Gasteiger partial charge in [0, 0.05) is 6.61 Å². The van der Waals surface area contributed by atoms with Gasteiger partial charge in [0.05, 0.1) is 18.5 Å². The number of aliphatic hydroxyl groups excluding tert-OH is 1. The zero-order chi connectivity index (χ0) is 10.5. The van der Waals surface area contributed by atoms with Crippen LogP contribution in [-0.2, 0) is 14.9 Å². The first-order chi connectivity index (χ1) is 5.79. The topological polar surface area (TPSA) is 83.8 Å². The van der Waals surface area contributed by atoms with E-state index >= 15 is 0 Å². The monoisotopic (exact) mass is 212 g/mol. The predicted octanol–water partition coefficient (Wildman–Crippen LogP) is 0.0502. The fourth-order valence-electron chi connectivity index (χ4n) is 0.974. The van der Waals surface area contributed by atoms with Crippen LogP contribution in [0.1, 0.15) is 19.8 Å². The standard InChI is InChI=1S/C6H12O2.CH4O3S/c1-5-4-6(7)2-3-8-5;1-5(2,3)4/h5-7H,2-4H2,1H3;1H3,(H,2,3,4). The van der Waals surface area contributed by atoms with Gasteiger partial charge in [-0.25, -0.2) is 0 Å². The third kappa shape index (κ3) is 11.8. The lowest BCUT2D eigenvalue weighted by Crippen LogP contribution is -2.26.